The molecular weight excluding hydrogens is 486 g/mol. The van der Waals surface area contributed by atoms with E-state index in [0.717, 1.165) is 21.8 Å². The highest BCUT2D eigenvalue weighted by Crippen LogP contribution is 2.35. The van der Waals surface area contributed by atoms with E-state index in [0.29, 0.717) is 22.0 Å². The molecule has 0 radical (unpaired) electrons. The van der Waals surface area contributed by atoms with Crippen molar-refractivity contribution < 1.29 is 28.6 Å². The number of imide groups is 1. The molecule has 1 fully saturated rings. The van der Waals surface area contributed by atoms with Crippen LogP contribution in [0.1, 0.15) is 18.1 Å². The molecule has 3 rings (SSSR count). The summed E-state index contributed by atoms with van der Waals surface area (Å²) in [5.41, 5.74) is 1.49. The molecule has 0 aliphatic carbocycles. The van der Waals surface area contributed by atoms with Crippen LogP contribution in [0, 0.1) is 0 Å². The van der Waals surface area contributed by atoms with E-state index in [1.165, 1.54) is 12.0 Å². The van der Waals surface area contributed by atoms with Crippen molar-refractivity contribution in [3.05, 3.63) is 63.0 Å². The van der Waals surface area contributed by atoms with Crippen LogP contribution in [0.25, 0.3) is 6.08 Å². The van der Waals surface area contributed by atoms with Gasteiger partial charge in [-0.15, -0.1) is 0 Å². The molecule has 0 unspecified atom stereocenters. The Morgan fingerprint density at radius 2 is 1.87 bits per heavy atom. The second-order valence-electron chi connectivity index (χ2n) is 6.40. The van der Waals surface area contributed by atoms with E-state index in [-0.39, 0.29) is 30.9 Å². The number of amides is 2. The summed E-state index contributed by atoms with van der Waals surface area (Å²) in [6, 6.07) is 12.5. The molecule has 31 heavy (non-hydrogen) atoms. The Labute approximate surface area is 192 Å². The van der Waals surface area contributed by atoms with Gasteiger partial charge in [-0.25, -0.2) is 4.79 Å². The minimum Gasteiger partial charge on any atom is -0.493 e. The van der Waals surface area contributed by atoms with Crippen molar-refractivity contribution in [1.82, 2.24) is 4.90 Å². The maximum absolute atomic E-state index is 12.8. The zero-order chi connectivity index (χ0) is 22.4. The van der Waals surface area contributed by atoms with Gasteiger partial charge in [0, 0.05) is 4.47 Å². The van der Waals surface area contributed by atoms with Crippen LogP contribution < -0.4 is 9.47 Å². The molecule has 9 heteroatoms. The highest BCUT2D eigenvalue weighted by Gasteiger charge is 2.35. The van der Waals surface area contributed by atoms with Gasteiger partial charge >= 0.3 is 5.97 Å². The summed E-state index contributed by atoms with van der Waals surface area (Å²) in [7, 11) is 1.49. The van der Waals surface area contributed by atoms with E-state index in [2.05, 4.69) is 15.9 Å². The fourth-order valence-corrected chi connectivity index (χ4v) is 3.90. The van der Waals surface area contributed by atoms with Gasteiger partial charge in [-0.3, -0.25) is 14.5 Å². The van der Waals surface area contributed by atoms with Gasteiger partial charge in [0.1, 0.15) is 0 Å². The number of benzene rings is 2. The fraction of sp³-hybridized carbons (Fsp3) is 0.227. The first-order chi connectivity index (χ1) is 14.9. The Morgan fingerprint density at radius 1 is 1.13 bits per heavy atom. The predicted molar refractivity (Wildman–Crippen MR) is 121 cm³/mol. The van der Waals surface area contributed by atoms with E-state index < -0.39 is 5.97 Å². The van der Waals surface area contributed by atoms with Crippen molar-refractivity contribution >= 4 is 50.9 Å². The maximum Gasteiger partial charge on any atom is 0.344 e. The number of halogens is 1. The summed E-state index contributed by atoms with van der Waals surface area (Å²) in [5, 5.41) is -0.327. The zero-order valence-corrected chi connectivity index (χ0v) is 19.3. The quantitative estimate of drug-likeness (QED) is 0.381. The van der Waals surface area contributed by atoms with Gasteiger partial charge in [-0.1, -0.05) is 34.1 Å². The minimum absolute atomic E-state index is 0.200. The summed E-state index contributed by atoms with van der Waals surface area (Å²) in [5.74, 6) is -0.0880. The van der Waals surface area contributed by atoms with Gasteiger partial charge in [-0.2, -0.15) is 0 Å². The standard InChI is InChI=1S/C22H20BrNO6S/c1-3-29-20(25)13-30-18-10-15(6-9-17(18)28-2)11-19-21(26)24(22(27)31-19)12-14-4-7-16(23)8-5-14/h4-11H,3,12-13H2,1-2H3/b19-11-. The average Bonchev–Trinajstić information content (AvgIpc) is 3.01. The molecular formula is C22H20BrNO6S. The number of thioether (sulfide) groups is 1. The lowest BCUT2D eigenvalue weighted by Crippen LogP contribution is -2.27. The van der Waals surface area contributed by atoms with Crippen molar-refractivity contribution in [2.24, 2.45) is 0 Å². The summed E-state index contributed by atoms with van der Waals surface area (Å²) in [4.78, 5) is 38.2. The van der Waals surface area contributed by atoms with E-state index in [9.17, 15) is 14.4 Å². The summed E-state index contributed by atoms with van der Waals surface area (Å²) < 4.78 is 16.5. The lowest BCUT2D eigenvalue weighted by molar-refractivity contribution is -0.145. The van der Waals surface area contributed by atoms with E-state index in [1.807, 2.05) is 24.3 Å². The van der Waals surface area contributed by atoms with Crippen molar-refractivity contribution in [1.29, 1.82) is 0 Å². The number of hydrogen-bond donors (Lipinski definition) is 0. The van der Waals surface area contributed by atoms with Crippen molar-refractivity contribution in [3.63, 3.8) is 0 Å². The Morgan fingerprint density at radius 3 is 2.55 bits per heavy atom. The second-order valence-corrected chi connectivity index (χ2v) is 8.31. The molecule has 0 N–H and O–H groups in total. The second kappa shape index (κ2) is 10.5. The Hall–Kier alpha value is -2.78. The zero-order valence-electron chi connectivity index (χ0n) is 16.9. The first-order valence-corrected chi connectivity index (χ1v) is 11.0. The van der Waals surface area contributed by atoms with Gasteiger partial charge < -0.3 is 14.2 Å². The molecule has 7 nitrogen and oxygen atoms in total. The summed E-state index contributed by atoms with van der Waals surface area (Å²) in [6.07, 6.45) is 1.61. The monoisotopic (exact) mass is 505 g/mol. The smallest absolute Gasteiger partial charge is 0.344 e. The molecule has 0 spiro atoms. The van der Waals surface area contributed by atoms with Crippen LogP contribution >= 0.6 is 27.7 Å². The molecule has 1 aliphatic rings. The molecule has 2 aromatic rings. The van der Waals surface area contributed by atoms with Crippen LogP contribution in [-0.4, -0.2) is 42.3 Å². The normalized spacial score (nSPS) is 14.8. The third kappa shape index (κ3) is 5.89. The number of esters is 1. The van der Waals surface area contributed by atoms with Crippen LogP contribution in [0.15, 0.2) is 51.8 Å². The topological polar surface area (TPSA) is 82.1 Å². The van der Waals surface area contributed by atoms with Crippen LogP contribution in [0.5, 0.6) is 11.5 Å². The summed E-state index contributed by atoms with van der Waals surface area (Å²) in [6.45, 7) is 1.90. The van der Waals surface area contributed by atoms with E-state index in [1.54, 1.807) is 31.2 Å². The Bertz CT molecular complexity index is 1020. The summed E-state index contributed by atoms with van der Waals surface area (Å²) >= 11 is 4.25. The highest BCUT2D eigenvalue weighted by molar-refractivity contribution is 9.10. The van der Waals surface area contributed by atoms with E-state index in [4.69, 9.17) is 14.2 Å². The molecule has 1 aliphatic heterocycles. The third-order valence-electron chi connectivity index (χ3n) is 4.26. The molecule has 1 heterocycles. The van der Waals surface area contributed by atoms with Crippen LogP contribution in [0.2, 0.25) is 0 Å². The highest BCUT2D eigenvalue weighted by atomic mass is 79.9. The SMILES string of the molecule is CCOC(=O)COc1cc(/C=C2\SC(=O)N(Cc3ccc(Br)cc3)C2=O)ccc1OC. The van der Waals surface area contributed by atoms with E-state index >= 15 is 0 Å². The molecule has 1 saturated heterocycles. The first-order valence-electron chi connectivity index (χ1n) is 9.37. The number of methoxy groups -OCH3 is 1. The lowest BCUT2D eigenvalue weighted by Gasteiger charge is -2.12. The fourth-order valence-electron chi connectivity index (χ4n) is 2.80. The minimum atomic E-state index is -0.496. The largest absolute Gasteiger partial charge is 0.493 e. The molecule has 162 valence electrons. The van der Waals surface area contributed by atoms with Crippen LogP contribution in [0.3, 0.4) is 0 Å². The van der Waals surface area contributed by atoms with Gasteiger partial charge in [0.05, 0.1) is 25.2 Å². The predicted octanol–water partition coefficient (Wildman–Crippen LogP) is 4.64. The van der Waals surface area contributed by atoms with Crippen molar-refractivity contribution in [2.45, 2.75) is 13.5 Å². The van der Waals surface area contributed by atoms with Crippen LogP contribution in [-0.2, 0) is 20.9 Å². The van der Waals surface area contributed by atoms with Gasteiger partial charge in [-0.05, 0) is 60.2 Å². The number of carbonyl (C=O) groups is 3. The average molecular weight is 506 g/mol. The third-order valence-corrected chi connectivity index (χ3v) is 5.70. The van der Waals surface area contributed by atoms with Gasteiger partial charge in [0.25, 0.3) is 11.1 Å². The Kier molecular flexibility index (Phi) is 7.75. The van der Waals surface area contributed by atoms with Crippen LogP contribution in [0.4, 0.5) is 4.79 Å². The lowest BCUT2D eigenvalue weighted by atomic mass is 10.1. The molecule has 0 saturated carbocycles. The van der Waals surface area contributed by atoms with Crippen molar-refractivity contribution in [2.75, 3.05) is 20.3 Å². The maximum atomic E-state index is 12.8. The molecule has 0 atom stereocenters. The Balaban J connectivity index is 1.76. The molecule has 0 bridgehead atoms. The number of ether oxygens (including phenoxy) is 3. The molecule has 0 aromatic heterocycles. The molecule has 2 amide bonds. The first kappa shape index (κ1) is 22.9. The number of hydrogen-bond acceptors (Lipinski definition) is 7. The number of rotatable bonds is 8. The molecule has 2 aromatic carbocycles. The number of nitrogens with zero attached hydrogens (tertiary/aromatic N) is 1. The van der Waals surface area contributed by atoms with Gasteiger partial charge in [0.15, 0.2) is 18.1 Å². The van der Waals surface area contributed by atoms with Gasteiger partial charge in [0.2, 0.25) is 0 Å². The number of carbonyl (C=O) groups excluding carboxylic acids is 3. The van der Waals surface area contributed by atoms with Crippen molar-refractivity contribution in [3.8, 4) is 11.5 Å².